The summed E-state index contributed by atoms with van der Waals surface area (Å²) in [7, 11) is 0. The van der Waals surface area contributed by atoms with Crippen LogP contribution in [0.2, 0.25) is 0 Å². The van der Waals surface area contributed by atoms with Crippen molar-refractivity contribution in [3.63, 3.8) is 0 Å². The van der Waals surface area contributed by atoms with Gasteiger partial charge in [0.15, 0.2) is 11.8 Å². The van der Waals surface area contributed by atoms with Gasteiger partial charge >= 0.3 is 0 Å². The maximum atomic E-state index is 11.8. The molecular weight excluding hydrogens is 398 g/mol. The standard InChI is InChI=1S/C20H23N9O2/c1-12-7-13(2)9-14(8-12)15-10-17-24-11-25-28(17)19(26-15)23-6-5-20(29(30)31)4-3-16(21)27-18(20)22/h3-4,7-11,18H,5-6,22H2,1-2H3,(H2,21,27)(H,23,26). The molecule has 2 aromatic heterocycles. The second-order valence-electron chi connectivity index (χ2n) is 7.63. The van der Waals surface area contributed by atoms with E-state index in [1.165, 1.54) is 18.5 Å². The Balaban J connectivity index is 1.62. The van der Waals surface area contributed by atoms with E-state index in [9.17, 15) is 10.1 Å². The smallest absolute Gasteiger partial charge is 0.277 e. The van der Waals surface area contributed by atoms with E-state index < -0.39 is 16.6 Å². The van der Waals surface area contributed by atoms with Crippen LogP contribution in [0.1, 0.15) is 17.5 Å². The predicted octanol–water partition coefficient (Wildman–Crippen LogP) is 1.44. The van der Waals surface area contributed by atoms with Gasteiger partial charge < -0.3 is 16.8 Å². The molecule has 3 aromatic rings. The van der Waals surface area contributed by atoms with Gasteiger partial charge in [0.05, 0.1) is 5.69 Å². The van der Waals surface area contributed by atoms with E-state index in [0.29, 0.717) is 11.6 Å². The van der Waals surface area contributed by atoms with E-state index in [0.717, 1.165) is 22.4 Å². The molecule has 11 nitrogen and oxygen atoms in total. The Morgan fingerprint density at radius 3 is 2.68 bits per heavy atom. The van der Waals surface area contributed by atoms with Crippen molar-refractivity contribution in [3.05, 3.63) is 64.0 Å². The number of rotatable bonds is 6. The van der Waals surface area contributed by atoms with Gasteiger partial charge in [0.25, 0.3) is 5.54 Å². The fraction of sp³-hybridized carbons (Fsp3) is 0.300. The Morgan fingerprint density at radius 2 is 2.00 bits per heavy atom. The van der Waals surface area contributed by atoms with Gasteiger partial charge in [-0.25, -0.2) is 15.0 Å². The van der Waals surface area contributed by atoms with E-state index in [4.69, 9.17) is 11.5 Å². The molecule has 0 spiro atoms. The molecule has 11 heteroatoms. The molecule has 2 atom stereocenters. The number of nitrogens with zero attached hydrogens (tertiary/aromatic N) is 6. The third-order valence-electron chi connectivity index (χ3n) is 5.28. The van der Waals surface area contributed by atoms with Crippen molar-refractivity contribution in [3.8, 4) is 11.3 Å². The molecule has 160 valence electrons. The minimum atomic E-state index is -1.55. The zero-order valence-electron chi connectivity index (χ0n) is 17.2. The molecule has 4 rings (SSSR count). The van der Waals surface area contributed by atoms with E-state index in [-0.39, 0.29) is 18.8 Å². The second-order valence-corrected chi connectivity index (χ2v) is 7.63. The molecule has 0 bridgehead atoms. The fourth-order valence-corrected chi connectivity index (χ4v) is 3.72. The van der Waals surface area contributed by atoms with Gasteiger partial charge in [0, 0.05) is 29.5 Å². The maximum absolute atomic E-state index is 11.8. The lowest BCUT2D eigenvalue weighted by atomic mass is 9.90. The molecule has 0 amide bonds. The molecule has 3 heterocycles. The lowest BCUT2D eigenvalue weighted by Crippen LogP contribution is -2.54. The molecule has 0 fully saturated rings. The highest BCUT2D eigenvalue weighted by Gasteiger charge is 2.48. The van der Waals surface area contributed by atoms with Crippen LogP contribution >= 0.6 is 0 Å². The highest BCUT2D eigenvalue weighted by molar-refractivity contribution is 5.92. The van der Waals surface area contributed by atoms with Gasteiger partial charge in [-0.2, -0.15) is 9.61 Å². The highest BCUT2D eigenvalue weighted by Crippen LogP contribution is 2.26. The first kappa shape index (κ1) is 20.4. The van der Waals surface area contributed by atoms with Crippen LogP contribution in [0.3, 0.4) is 0 Å². The molecule has 5 N–H and O–H groups in total. The summed E-state index contributed by atoms with van der Waals surface area (Å²) in [6.07, 6.45) is 3.27. The van der Waals surface area contributed by atoms with Crippen molar-refractivity contribution in [2.45, 2.75) is 32.0 Å². The second kappa shape index (κ2) is 7.76. The average Bonchev–Trinajstić information content (AvgIpc) is 3.17. The van der Waals surface area contributed by atoms with Crippen LogP contribution in [0.15, 0.2) is 47.7 Å². The van der Waals surface area contributed by atoms with Crippen LogP contribution in [0.4, 0.5) is 5.95 Å². The number of nitrogens with two attached hydrogens (primary N) is 2. The van der Waals surface area contributed by atoms with Crippen molar-refractivity contribution in [2.24, 2.45) is 16.5 Å². The number of hydrogen-bond acceptors (Lipinski definition) is 9. The molecule has 0 radical (unpaired) electrons. The number of fused-ring (bicyclic) bond motifs is 1. The predicted molar refractivity (Wildman–Crippen MR) is 117 cm³/mol. The number of nitrogens with one attached hydrogen (secondary N) is 1. The maximum Gasteiger partial charge on any atom is 0.277 e. The van der Waals surface area contributed by atoms with Crippen LogP contribution in [0, 0.1) is 24.0 Å². The molecule has 0 saturated heterocycles. The van der Waals surface area contributed by atoms with Crippen LogP contribution in [0.5, 0.6) is 0 Å². The summed E-state index contributed by atoms with van der Waals surface area (Å²) < 4.78 is 1.55. The first-order valence-corrected chi connectivity index (χ1v) is 9.74. The zero-order valence-corrected chi connectivity index (χ0v) is 17.2. The summed E-state index contributed by atoms with van der Waals surface area (Å²) in [4.78, 5) is 24.3. The monoisotopic (exact) mass is 421 g/mol. The van der Waals surface area contributed by atoms with Crippen LogP contribution < -0.4 is 16.8 Å². The first-order valence-electron chi connectivity index (χ1n) is 9.74. The van der Waals surface area contributed by atoms with E-state index >= 15 is 0 Å². The Kier molecular flexibility index (Phi) is 5.11. The topological polar surface area (TPSA) is 163 Å². The van der Waals surface area contributed by atoms with E-state index in [1.54, 1.807) is 4.52 Å². The number of dihydropyridines is 1. The molecular formula is C20H23N9O2. The number of benzene rings is 1. The lowest BCUT2D eigenvalue weighted by molar-refractivity contribution is -0.559. The number of hydrogen-bond donors (Lipinski definition) is 3. The molecule has 31 heavy (non-hydrogen) atoms. The lowest BCUT2D eigenvalue weighted by Gasteiger charge is -2.28. The Morgan fingerprint density at radius 1 is 1.26 bits per heavy atom. The first-order chi connectivity index (χ1) is 14.8. The normalized spacial score (nSPS) is 20.6. The van der Waals surface area contributed by atoms with Gasteiger partial charge in [-0.15, -0.1) is 0 Å². The molecule has 0 aliphatic carbocycles. The number of aryl methyl sites for hydroxylation is 2. The quantitative estimate of drug-likeness (QED) is 0.397. The summed E-state index contributed by atoms with van der Waals surface area (Å²) in [5.74, 6) is 0.601. The van der Waals surface area contributed by atoms with Crippen molar-refractivity contribution in [2.75, 3.05) is 11.9 Å². The van der Waals surface area contributed by atoms with Gasteiger partial charge in [0.1, 0.15) is 12.2 Å². The SMILES string of the molecule is Cc1cc(C)cc(-c2cc3ncnn3c(NCCC3([N+](=O)[O-])C=CC(N)=NC3N)n2)c1. The molecule has 1 aliphatic rings. The number of anilines is 1. The summed E-state index contributed by atoms with van der Waals surface area (Å²) in [5, 5.41) is 19.2. The van der Waals surface area contributed by atoms with Crippen molar-refractivity contribution < 1.29 is 4.92 Å². The molecule has 1 aliphatic heterocycles. The largest absolute Gasteiger partial charge is 0.384 e. The van der Waals surface area contributed by atoms with Gasteiger partial charge in [-0.3, -0.25) is 10.1 Å². The van der Waals surface area contributed by atoms with E-state index in [2.05, 4.69) is 31.4 Å². The fourth-order valence-electron chi connectivity index (χ4n) is 3.72. The third-order valence-corrected chi connectivity index (χ3v) is 5.28. The number of aromatic nitrogens is 4. The number of nitro groups is 1. The number of aliphatic imine (C=N–C) groups is 1. The molecule has 0 saturated carbocycles. The average molecular weight is 421 g/mol. The minimum Gasteiger partial charge on any atom is -0.384 e. The minimum absolute atomic E-state index is 0.0834. The van der Waals surface area contributed by atoms with Gasteiger partial charge in [0.2, 0.25) is 5.95 Å². The van der Waals surface area contributed by atoms with Gasteiger partial charge in [-0.05, 0) is 38.1 Å². The third kappa shape index (κ3) is 3.82. The number of amidine groups is 1. The molecule has 2 unspecified atom stereocenters. The van der Waals surface area contributed by atoms with Crippen LogP contribution in [-0.2, 0) is 0 Å². The zero-order chi connectivity index (χ0) is 22.2. The van der Waals surface area contributed by atoms with Crippen LogP contribution in [0.25, 0.3) is 16.9 Å². The van der Waals surface area contributed by atoms with Crippen molar-refractivity contribution in [1.29, 1.82) is 0 Å². The highest BCUT2D eigenvalue weighted by atomic mass is 16.6. The summed E-state index contributed by atoms with van der Waals surface area (Å²) in [5.41, 5.74) is 14.6. The van der Waals surface area contributed by atoms with E-state index in [1.807, 2.05) is 32.0 Å². The summed E-state index contributed by atoms with van der Waals surface area (Å²) in [6.45, 7) is 4.27. The summed E-state index contributed by atoms with van der Waals surface area (Å²) in [6, 6.07) is 8.03. The Bertz CT molecular complexity index is 1200. The summed E-state index contributed by atoms with van der Waals surface area (Å²) >= 11 is 0. The van der Waals surface area contributed by atoms with Crippen molar-refractivity contribution in [1.82, 2.24) is 19.6 Å². The van der Waals surface area contributed by atoms with Crippen molar-refractivity contribution >= 4 is 17.4 Å². The van der Waals surface area contributed by atoms with Crippen LogP contribution in [-0.4, -0.2) is 48.6 Å². The van der Waals surface area contributed by atoms with Gasteiger partial charge in [-0.1, -0.05) is 17.2 Å². The Hall–Kier alpha value is -3.86. The Labute approximate surface area is 178 Å². The molecule has 1 aromatic carbocycles.